The maximum atomic E-state index is 12.7. The van der Waals surface area contributed by atoms with E-state index in [2.05, 4.69) is 34.1 Å². The van der Waals surface area contributed by atoms with Gasteiger partial charge >= 0.3 is 0 Å². The lowest BCUT2D eigenvalue weighted by Gasteiger charge is -2.17. The van der Waals surface area contributed by atoms with E-state index in [0.717, 1.165) is 25.2 Å². The molecular formula is C20H25N5O3. The van der Waals surface area contributed by atoms with Crippen LogP contribution in [0.1, 0.15) is 29.8 Å². The van der Waals surface area contributed by atoms with Gasteiger partial charge in [0.2, 0.25) is 0 Å². The fourth-order valence-corrected chi connectivity index (χ4v) is 2.97. The third-order valence-corrected chi connectivity index (χ3v) is 4.60. The van der Waals surface area contributed by atoms with Crippen molar-refractivity contribution in [2.45, 2.75) is 20.4 Å². The number of nitrogens with one attached hydrogen (secondary N) is 1. The molecule has 0 spiro atoms. The molecule has 1 N–H and O–H groups in total. The van der Waals surface area contributed by atoms with Crippen molar-refractivity contribution >= 4 is 17.2 Å². The van der Waals surface area contributed by atoms with Crippen molar-refractivity contribution in [1.29, 1.82) is 0 Å². The Hall–Kier alpha value is -3.13. The van der Waals surface area contributed by atoms with Crippen LogP contribution in [0.15, 0.2) is 36.8 Å². The number of benzene rings is 1. The summed E-state index contributed by atoms with van der Waals surface area (Å²) >= 11 is 0. The molecule has 0 unspecified atom stereocenters. The Bertz CT molecular complexity index is 966. The van der Waals surface area contributed by atoms with Crippen molar-refractivity contribution in [3.8, 4) is 11.5 Å². The molecule has 8 nitrogen and oxygen atoms in total. The summed E-state index contributed by atoms with van der Waals surface area (Å²) in [6, 6.07) is 5.20. The average Bonchev–Trinajstić information content (AvgIpc) is 3.15. The molecule has 1 amide bonds. The van der Waals surface area contributed by atoms with E-state index in [-0.39, 0.29) is 5.91 Å². The maximum Gasteiger partial charge on any atom is 0.261 e. The Kier molecular flexibility index (Phi) is 6.10. The summed E-state index contributed by atoms with van der Waals surface area (Å²) in [5, 5.41) is 7.14. The predicted molar refractivity (Wildman–Crippen MR) is 107 cm³/mol. The quantitative estimate of drug-likeness (QED) is 0.644. The van der Waals surface area contributed by atoms with Crippen molar-refractivity contribution in [3.63, 3.8) is 0 Å². The van der Waals surface area contributed by atoms with Crippen molar-refractivity contribution in [1.82, 2.24) is 19.5 Å². The van der Waals surface area contributed by atoms with Gasteiger partial charge in [0, 0.05) is 36.3 Å². The molecule has 0 aliphatic rings. The highest BCUT2D eigenvalue weighted by Crippen LogP contribution is 2.30. The third-order valence-electron chi connectivity index (χ3n) is 4.60. The maximum absolute atomic E-state index is 12.7. The van der Waals surface area contributed by atoms with Crippen LogP contribution in [0.4, 0.5) is 5.69 Å². The number of carbonyl (C=O) groups excluding carboxylic acids is 1. The Morgan fingerprint density at radius 2 is 1.89 bits per heavy atom. The first-order valence-corrected chi connectivity index (χ1v) is 9.17. The summed E-state index contributed by atoms with van der Waals surface area (Å²) in [6.45, 7) is 6.97. The highest BCUT2D eigenvalue weighted by atomic mass is 16.5. The fourth-order valence-electron chi connectivity index (χ4n) is 2.97. The first-order valence-electron chi connectivity index (χ1n) is 9.17. The fraction of sp³-hybridized carbons (Fsp3) is 0.350. The van der Waals surface area contributed by atoms with Crippen molar-refractivity contribution < 1.29 is 14.3 Å². The van der Waals surface area contributed by atoms with Gasteiger partial charge in [-0.15, -0.1) is 0 Å². The van der Waals surface area contributed by atoms with Crippen molar-refractivity contribution in [2.75, 3.05) is 32.6 Å². The van der Waals surface area contributed by atoms with Crippen LogP contribution in [0.5, 0.6) is 11.5 Å². The minimum absolute atomic E-state index is 0.286. The minimum atomic E-state index is -0.286. The second kappa shape index (κ2) is 8.71. The molecule has 28 heavy (non-hydrogen) atoms. The zero-order valence-corrected chi connectivity index (χ0v) is 16.6. The highest BCUT2D eigenvalue weighted by Gasteiger charge is 2.16. The molecule has 0 saturated heterocycles. The molecular weight excluding hydrogens is 358 g/mol. The standard InChI is InChI=1S/C20H25N5O3/c1-5-24(6-2)12-14-10-21-19-16(11-22-25(19)13-14)20(26)23-15-7-8-17(27-3)18(9-15)28-4/h7-11,13H,5-6,12H2,1-4H3,(H,23,26). The van der Waals surface area contributed by atoms with Crippen LogP contribution in [0.2, 0.25) is 0 Å². The van der Waals surface area contributed by atoms with E-state index in [1.165, 1.54) is 6.20 Å². The topological polar surface area (TPSA) is 81.0 Å². The first kappa shape index (κ1) is 19.6. The molecule has 0 radical (unpaired) electrons. The van der Waals surface area contributed by atoms with Crippen LogP contribution < -0.4 is 14.8 Å². The molecule has 0 aliphatic carbocycles. The van der Waals surface area contributed by atoms with E-state index < -0.39 is 0 Å². The minimum Gasteiger partial charge on any atom is -0.493 e. The smallest absolute Gasteiger partial charge is 0.261 e. The Balaban J connectivity index is 1.80. The van der Waals surface area contributed by atoms with Crippen LogP contribution in [0.25, 0.3) is 5.65 Å². The van der Waals surface area contributed by atoms with Gasteiger partial charge < -0.3 is 14.8 Å². The summed E-state index contributed by atoms with van der Waals surface area (Å²) in [5.74, 6) is 0.851. The average molecular weight is 383 g/mol. The number of ether oxygens (including phenoxy) is 2. The van der Waals surface area contributed by atoms with E-state index in [4.69, 9.17) is 9.47 Å². The summed E-state index contributed by atoms with van der Waals surface area (Å²) < 4.78 is 12.1. The van der Waals surface area contributed by atoms with Gasteiger partial charge in [0.25, 0.3) is 5.91 Å². The van der Waals surface area contributed by atoms with E-state index in [1.807, 2.05) is 6.20 Å². The number of anilines is 1. The number of amides is 1. The van der Waals surface area contributed by atoms with E-state index in [0.29, 0.717) is 28.4 Å². The predicted octanol–water partition coefficient (Wildman–Crippen LogP) is 2.84. The van der Waals surface area contributed by atoms with Gasteiger partial charge in [-0.25, -0.2) is 9.50 Å². The van der Waals surface area contributed by atoms with Crippen molar-refractivity contribution in [2.24, 2.45) is 0 Å². The van der Waals surface area contributed by atoms with Gasteiger partial charge in [-0.1, -0.05) is 13.8 Å². The Labute approximate surface area is 164 Å². The number of nitrogens with zero attached hydrogens (tertiary/aromatic N) is 4. The molecule has 0 saturated carbocycles. The van der Waals surface area contributed by atoms with Crippen LogP contribution in [0.3, 0.4) is 0 Å². The zero-order valence-electron chi connectivity index (χ0n) is 16.6. The molecule has 148 valence electrons. The molecule has 0 fully saturated rings. The number of hydrogen-bond acceptors (Lipinski definition) is 6. The first-order chi connectivity index (χ1) is 13.6. The lowest BCUT2D eigenvalue weighted by molar-refractivity contribution is 0.102. The number of fused-ring (bicyclic) bond motifs is 1. The number of rotatable bonds is 8. The van der Waals surface area contributed by atoms with Crippen LogP contribution in [0, 0.1) is 0 Å². The van der Waals surface area contributed by atoms with E-state index >= 15 is 0 Å². The monoisotopic (exact) mass is 383 g/mol. The summed E-state index contributed by atoms with van der Waals surface area (Å²) in [5.41, 5.74) is 2.57. The summed E-state index contributed by atoms with van der Waals surface area (Å²) in [7, 11) is 3.11. The lowest BCUT2D eigenvalue weighted by atomic mass is 10.2. The molecule has 3 aromatic rings. The Morgan fingerprint density at radius 1 is 1.14 bits per heavy atom. The Morgan fingerprint density at radius 3 is 2.57 bits per heavy atom. The third kappa shape index (κ3) is 4.07. The highest BCUT2D eigenvalue weighted by molar-refractivity contribution is 6.08. The second-order valence-electron chi connectivity index (χ2n) is 6.27. The van der Waals surface area contributed by atoms with Crippen LogP contribution >= 0.6 is 0 Å². The molecule has 1 aromatic carbocycles. The number of hydrogen-bond donors (Lipinski definition) is 1. The van der Waals surface area contributed by atoms with Crippen LogP contribution in [-0.2, 0) is 6.54 Å². The molecule has 0 atom stereocenters. The van der Waals surface area contributed by atoms with Gasteiger partial charge in [0.15, 0.2) is 17.1 Å². The zero-order chi connectivity index (χ0) is 20.1. The van der Waals surface area contributed by atoms with Crippen LogP contribution in [-0.4, -0.2) is 52.7 Å². The number of methoxy groups -OCH3 is 2. The van der Waals surface area contributed by atoms with Gasteiger partial charge in [-0.05, 0) is 25.2 Å². The van der Waals surface area contributed by atoms with Gasteiger partial charge in [-0.3, -0.25) is 9.69 Å². The van der Waals surface area contributed by atoms with Gasteiger partial charge in [-0.2, -0.15) is 5.10 Å². The molecule has 2 aromatic heterocycles. The second-order valence-corrected chi connectivity index (χ2v) is 6.27. The molecule has 3 rings (SSSR count). The van der Waals surface area contributed by atoms with E-state index in [1.54, 1.807) is 43.1 Å². The summed E-state index contributed by atoms with van der Waals surface area (Å²) in [6.07, 6.45) is 5.23. The van der Waals surface area contributed by atoms with E-state index in [9.17, 15) is 4.79 Å². The molecule has 0 bridgehead atoms. The molecule has 2 heterocycles. The normalized spacial score (nSPS) is 11.0. The summed E-state index contributed by atoms with van der Waals surface area (Å²) in [4.78, 5) is 19.5. The molecule has 8 heteroatoms. The number of aromatic nitrogens is 3. The number of carbonyl (C=O) groups is 1. The van der Waals surface area contributed by atoms with Gasteiger partial charge in [0.05, 0.1) is 20.4 Å². The largest absolute Gasteiger partial charge is 0.493 e. The van der Waals surface area contributed by atoms with Gasteiger partial charge in [0.1, 0.15) is 5.56 Å². The van der Waals surface area contributed by atoms with Crippen molar-refractivity contribution in [3.05, 3.63) is 47.9 Å². The molecule has 0 aliphatic heterocycles. The lowest BCUT2D eigenvalue weighted by Crippen LogP contribution is -2.22. The SMILES string of the molecule is CCN(CC)Cc1cnc2c(C(=O)Nc3ccc(OC)c(OC)c3)cnn2c1.